The van der Waals surface area contributed by atoms with Crippen LogP contribution in [0.3, 0.4) is 0 Å². The molecule has 2 aromatic carbocycles. The minimum atomic E-state index is 0.0654. The van der Waals surface area contributed by atoms with Gasteiger partial charge in [0.05, 0.1) is 5.75 Å². The van der Waals surface area contributed by atoms with Crippen molar-refractivity contribution in [3.63, 3.8) is 0 Å². The summed E-state index contributed by atoms with van der Waals surface area (Å²) in [5, 5.41) is 12.9. The Morgan fingerprint density at radius 1 is 1.06 bits per heavy atom. The maximum absolute atomic E-state index is 13.0. The van der Waals surface area contributed by atoms with Gasteiger partial charge in [-0.3, -0.25) is 4.79 Å². The minimum Gasteiger partial charge on any atom is -0.356 e. The van der Waals surface area contributed by atoms with E-state index in [0.717, 1.165) is 39.6 Å². The maximum atomic E-state index is 13.0. The van der Waals surface area contributed by atoms with Crippen LogP contribution in [-0.2, 0) is 4.79 Å². The SMILES string of the molecule is CC(C)N(C(=O)CSc1nnc(N2CCCC2)s1)c1ccc(Nc2ccccc2)cc1. The van der Waals surface area contributed by atoms with E-state index in [9.17, 15) is 4.79 Å². The second kappa shape index (κ2) is 10.2. The number of rotatable bonds is 8. The summed E-state index contributed by atoms with van der Waals surface area (Å²) in [6.07, 6.45) is 2.42. The Balaban J connectivity index is 1.38. The van der Waals surface area contributed by atoms with Gasteiger partial charge in [0.15, 0.2) is 4.34 Å². The largest absolute Gasteiger partial charge is 0.356 e. The van der Waals surface area contributed by atoms with Gasteiger partial charge in [-0.1, -0.05) is 41.3 Å². The minimum absolute atomic E-state index is 0.0654. The number of anilines is 4. The molecule has 0 unspecified atom stereocenters. The van der Waals surface area contributed by atoms with E-state index in [2.05, 4.69) is 20.4 Å². The molecule has 1 N–H and O–H groups in total. The predicted octanol–water partition coefficient (Wildman–Crippen LogP) is 5.42. The third-order valence-corrected chi connectivity index (χ3v) is 7.19. The van der Waals surface area contributed by atoms with Crippen LogP contribution in [0.15, 0.2) is 58.9 Å². The van der Waals surface area contributed by atoms with Gasteiger partial charge in [0.25, 0.3) is 0 Å². The van der Waals surface area contributed by atoms with Crippen LogP contribution in [0.4, 0.5) is 22.2 Å². The van der Waals surface area contributed by atoms with Gasteiger partial charge in [-0.15, -0.1) is 10.2 Å². The molecule has 0 spiro atoms. The van der Waals surface area contributed by atoms with Gasteiger partial charge in [0, 0.05) is 36.2 Å². The first-order chi connectivity index (χ1) is 15.1. The molecule has 1 amide bonds. The van der Waals surface area contributed by atoms with Crippen molar-refractivity contribution >= 4 is 51.2 Å². The molecule has 0 aliphatic carbocycles. The zero-order chi connectivity index (χ0) is 21.6. The first kappa shape index (κ1) is 21.6. The normalized spacial score (nSPS) is 13.6. The van der Waals surface area contributed by atoms with Gasteiger partial charge >= 0.3 is 0 Å². The Labute approximate surface area is 191 Å². The van der Waals surface area contributed by atoms with Gasteiger partial charge in [-0.05, 0) is 63.1 Å². The molecule has 0 saturated carbocycles. The number of carbonyl (C=O) groups is 1. The maximum Gasteiger partial charge on any atom is 0.237 e. The smallest absolute Gasteiger partial charge is 0.237 e. The van der Waals surface area contributed by atoms with Crippen molar-refractivity contribution in [2.45, 2.75) is 37.1 Å². The molecule has 0 atom stereocenters. The first-order valence-corrected chi connectivity index (χ1v) is 12.4. The molecule has 3 aromatic rings. The van der Waals surface area contributed by atoms with Crippen LogP contribution in [0.2, 0.25) is 0 Å². The highest BCUT2D eigenvalue weighted by Gasteiger charge is 2.21. The number of nitrogens with zero attached hydrogens (tertiary/aromatic N) is 4. The number of para-hydroxylation sites is 1. The quantitative estimate of drug-likeness (QED) is 0.460. The molecule has 0 bridgehead atoms. The van der Waals surface area contributed by atoms with Crippen LogP contribution < -0.4 is 15.1 Å². The summed E-state index contributed by atoms with van der Waals surface area (Å²) in [5.74, 6) is 0.415. The molecule has 162 valence electrons. The molecule has 1 aromatic heterocycles. The Bertz CT molecular complexity index is 985. The van der Waals surface area contributed by atoms with E-state index in [4.69, 9.17) is 0 Å². The van der Waals surface area contributed by atoms with Crippen molar-refractivity contribution in [2.24, 2.45) is 0 Å². The Morgan fingerprint density at radius 3 is 2.42 bits per heavy atom. The summed E-state index contributed by atoms with van der Waals surface area (Å²) < 4.78 is 0.848. The highest BCUT2D eigenvalue weighted by atomic mass is 32.2. The van der Waals surface area contributed by atoms with Gasteiger partial charge < -0.3 is 15.1 Å². The highest BCUT2D eigenvalue weighted by molar-refractivity contribution is 8.01. The van der Waals surface area contributed by atoms with Crippen molar-refractivity contribution in [3.05, 3.63) is 54.6 Å². The van der Waals surface area contributed by atoms with Crippen LogP contribution in [-0.4, -0.2) is 41.0 Å². The lowest BCUT2D eigenvalue weighted by Gasteiger charge is -2.27. The zero-order valence-corrected chi connectivity index (χ0v) is 19.5. The second-order valence-corrected chi connectivity index (χ2v) is 9.91. The summed E-state index contributed by atoms with van der Waals surface area (Å²) in [7, 11) is 0. The molecule has 1 fully saturated rings. The van der Waals surface area contributed by atoms with Crippen molar-refractivity contribution in [2.75, 3.05) is 34.0 Å². The van der Waals surface area contributed by atoms with Crippen molar-refractivity contribution < 1.29 is 4.79 Å². The molecular weight excluding hydrogens is 426 g/mol. The fourth-order valence-corrected chi connectivity index (χ4v) is 5.37. The first-order valence-electron chi connectivity index (χ1n) is 10.6. The topological polar surface area (TPSA) is 61.4 Å². The van der Waals surface area contributed by atoms with Crippen LogP contribution >= 0.6 is 23.1 Å². The van der Waals surface area contributed by atoms with Crippen molar-refractivity contribution in [1.82, 2.24) is 10.2 Å². The van der Waals surface area contributed by atoms with E-state index in [1.807, 2.05) is 73.3 Å². The molecule has 6 nitrogen and oxygen atoms in total. The summed E-state index contributed by atoms with van der Waals surface area (Å²) in [6, 6.07) is 18.1. The van der Waals surface area contributed by atoms with Crippen LogP contribution in [0.5, 0.6) is 0 Å². The highest BCUT2D eigenvalue weighted by Crippen LogP contribution is 2.31. The molecule has 1 aliphatic rings. The molecule has 2 heterocycles. The van der Waals surface area contributed by atoms with E-state index < -0.39 is 0 Å². The monoisotopic (exact) mass is 453 g/mol. The van der Waals surface area contributed by atoms with Crippen molar-refractivity contribution in [1.29, 1.82) is 0 Å². The summed E-state index contributed by atoms with van der Waals surface area (Å²) >= 11 is 3.05. The lowest BCUT2D eigenvalue weighted by atomic mass is 10.2. The predicted molar refractivity (Wildman–Crippen MR) is 131 cm³/mol. The van der Waals surface area contributed by atoms with Gasteiger partial charge in [-0.25, -0.2) is 0 Å². The molecule has 1 saturated heterocycles. The number of hydrogen-bond donors (Lipinski definition) is 1. The molecule has 8 heteroatoms. The Morgan fingerprint density at radius 2 is 1.74 bits per heavy atom. The molecule has 4 rings (SSSR count). The third-order valence-electron chi connectivity index (χ3n) is 5.08. The lowest BCUT2D eigenvalue weighted by molar-refractivity contribution is -0.116. The number of nitrogens with one attached hydrogen (secondary N) is 1. The summed E-state index contributed by atoms with van der Waals surface area (Å²) in [5.41, 5.74) is 2.92. The van der Waals surface area contributed by atoms with Crippen LogP contribution in [0.1, 0.15) is 26.7 Å². The van der Waals surface area contributed by atoms with E-state index in [-0.39, 0.29) is 11.9 Å². The fraction of sp³-hybridized carbons (Fsp3) is 0.348. The van der Waals surface area contributed by atoms with Gasteiger partial charge in [-0.2, -0.15) is 0 Å². The molecule has 31 heavy (non-hydrogen) atoms. The number of amides is 1. The zero-order valence-electron chi connectivity index (χ0n) is 17.8. The molecule has 0 radical (unpaired) electrons. The second-order valence-electron chi connectivity index (χ2n) is 7.73. The molecular formula is C23H27N5OS2. The number of aromatic nitrogens is 2. The number of hydrogen-bond acceptors (Lipinski definition) is 7. The van der Waals surface area contributed by atoms with Gasteiger partial charge in [0.2, 0.25) is 11.0 Å². The lowest BCUT2D eigenvalue weighted by Crippen LogP contribution is -2.38. The Hall–Kier alpha value is -2.58. The average molecular weight is 454 g/mol. The van der Waals surface area contributed by atoms with E-state index in [1.54, 1.807) is 11.3 Å². The van der Waals surface area contributed by atoms with E-state index in [0.29, 0.717) is 5.75 Å². The van der Waals surface area contributed by atoms with Crippen molar-refractivity contribution in [3.8, 4) is 0 Å². The van der Waals surface area contributed by atoms with E-state index in [1.165, 1.54) is 24.6 Å². The Kier molecular flexibility index (Phi) is 7.09. The van der Waals surface area contributed by atoms with Gasteiger partial charge in [0.1, 0.15) is 0 Å². The average Bonchev–Trinajstić information content (AvgIpc) is 3.46. The molecule has 1 aliphatic heterocycles. The van der Waals surface area contributed by atoms with Crippen LogP contribution in [0.25, 0.3) is 0 Å². The standard InChI is InChI=1S/C23H27N5OS2/c1-17(2)28(20-12-10-19(11-13-20)24-18-8-4-3-5-9-18)21(29)16-30-23-26-25-22(31-23)27-14-6-7-15-27/h3-5,8-13,17,24H,6-7,14-16H2,1-2H3. The summed E-state index contributed by atoms with van der Waals surface area (Å²) in [4.78, 5) is 17.2. The summed E-state index contributed by atoms with van der Waals surface area (Å²) in [6.45, 7) is 6.17. The number of thioether (sulfide) groups is 1. The number of carbonyl (C=O) groups excluding carboxylic acids is 1. The van der Waals surface area contributed by atoms with Crippen LogP contribution in [0, 0.1) is 0 Å². The fourth-order valence-electron chi connectivity index (χ4n) is 3.61. The third kappa shape index (κ3) is 5.57. The number of benzene rings is 2. The van der Waals surface area contributed by atoms with E-state index >= 15 is 0 Å².